The molecule has 0 radical (unpaired) electrons. The van der Waals surface area contributed by atoms with E-state index < -0.39 is 10.0 Å². The SMILES string of the molecule is CCC1CCC(C)N1S(=O)(=O)c1cc(CCl)ccc1C. The van der Waals surface area contributed by atoms with Crippen LogP contribution in [0.3, 0.4) is 0 Å². The highest BCUT2D eigenvalue weighted by molar-refractivity contribution is 7.89. The monoisotopic (exact) mass is 315 g/mol. The maximum atomic E-state index is 13.0. The lowest BCUT2D eigenvalue weighted by molar-refractivity contribution is 0.328. The maximum Gasteiger partial charge on any atom is 0.243 e. The minimum absolute atomic E-state index is 0.0732. The predicted molar refractivity (Wildman–Crippen MR) is 82.5 cm³/mol. The lowest BCUT2D eigenvalue weighted by Gasteiger charge is -2.27. The molecule has 2 unspecified atom stereocenters. The van der Waals surface area contributed by atoms with Gasteiger partial charge in [-0.25, -0.2) is 8.42 Å². The fraction of sp³-hybridized carbons (Fsp3) is 0.600. The van der Waals surface area contributed by atoms with E-state index in [9.17, 15) is 8.42 Å². The Morgan fingerprint density at radius 3 is 2.65 bits per heavy atom. The second kappa shape index (κ2) is 6.04. The van der Waals surface area contributed by atoms with Crippen LogP contribution >= 0.6 is 11.6 Å². The van der Waals surface area contributed by atoms with Gasteiger partial charge in [0.1, 0.15) is 0 Å². The maximum absolute atomic E-state index is 13.0. The van der Waals surface area contributed by atoms with Crippen molar-refractivity contribution in [3.63, 3.8) is 0 Å². The molecule has 1 aromatic rings. The lowest BCUT2D eigenvalue weighted by Crippen LogP contribution is -2.39. The first kappa shape index (κ1) is 15.8. The normalized spacial score (nSPS) is 24.2. The molecule has 5 heteroatoms. The van der Waals surface area contributed by atoms with Crippen LogP contribution in [0.25, 0.3) is 0 Å². The Morgan fingerprint density at radius 2 is 2.05 bits per heavy atom. The van der Waals surface area contributed by atoms with Crippen LogP contribution < -0.4 is 0 Å². The number of alkyl halides is 1. The molecule has 0 N–H and O–H groups in total. The van der Waals surface area contributed by atoms with Crippen molar-refractivity contribution in [2.24, 2.45) is 0 Å². The molecule has 0 bridgehead atoms. The predicted octanol–water partition coefficient (Wildman–Crippen LogP) is 3.69. The average molecular weight is 316 g/mol. The number of hydrogen-bond acceptors (Lipinski definition) is 2. The summed E-state index contributed by atoms with van der Waals surface area (Å²) in [6, 6.07) is 5.63. The Balaban J connectivity index is 2.49. The van der Waals surface area contributed by atoms with E-state index in [1.54, 1.807) is 10.4 Å². The minimum atomic E-state index is -3.44. The number of halogens is 1. The van der Waals surface area contributed by atoms with Crippen molar-refractivity contribution in [3.8, 4) is 0 Å². The highest BCUT2D eigenvalue weighted by Gasteiger charge is 2.39. The van der Waals surface area contributed by atoms with Crippen LogP contribution in [0.2, 0.25) is 0 Å². The van der Waals surface area contributed by atoms with Crippen molar-refractivity contribution in [2.45, 2.75) is 62.9 Å². The van der Waals surface area contributed by atoms with E-state index >= 15 is 0 Å². The molecule has 0 amide bonds. The zero-order valence-electron chi connectivity index (χ0n) is 12.3. The summed E-state index contributed by atoms with van der Waals surface area (Å²) in [5, 5.41) is 0. The standard InChI is InChI=1S/C15H22ClNO2S/c1-4-14-8-6-12(3)17(14)20(18,19)15-9-13(10-16)7-5-11(15)2/h5,7,9,12,14H,4,6,8,10H2,1-3H3. The Hall–Kier alpha value is -0.580. The van der Waals surface area contributed by atoms with Gasteiger partial charge in [-0.15, -0.1) is 11.6 Å². The highest BCUT2D eigenvalue weighted by atomic mass is 35.5. The molecule has 112 valence electrons. The molecule has 0 spiro atoms. The van der Waals surface area contributed by atoms with E-state index in [1.807, 2.05) is 32.9 Å². The van der Waals surface area contributed by atoms with Gasteiger partial charge in [0.25, 0.3) is 0 Å². The van der Waals surface area contributed by atoms with Gasteiger partial charge in [-0.3, -0.25) is 0 Å². The summed E-state index contributed by atoms with van der Waals surface area (Å²) >= 11 is 5.84. The van der Waals surface area contributed by atoms with Crippen LogP contribution in [-0.4, -0.2) is 24.8 Å². The molecule has 2 atom stereocenters. The van der Waals surface area contributed by atoms with Crippen LogP contribution in [0.5, 0.6) is 0 Å². The molecular weight excluding hydrogens is 294 g/mol. The number of sulfonamides is 1. The first-order valence-corrected chi connectivity index (χ1v) is 9.08. The molecule has 3 nitrogen and oxygen atoms in total. The fourth-order valence-corrected chi connectivity index (χ4v) is 5.38. The topological polar surface area (TPSA) is 37.4 Å². The summed E-state index contributed by atoms with van der Waals surface area (Å²) in [6.07, 6.45) is 2.74. The highest BCUT2D eigenvalue weighted by Crippen LogP contribution is 2.33. The molecule has 1 fully saturated rings. The minimum Gasteiger partial charge on any atom is -0.207 e. The van der Waals surface area contributed by atoms with Gasteiger partial charge in [0.05, 0.1) is 4.90 Å². The Bertz CT molecular complexity index is 586. The molecule has 2 rings (SSSR count). The molecule has 1 aromatic carbocycles. The molecule has 1 aliphatic rings. The number of aryl methyl sites for hydroxylation is 1. The van der Waals surface area contributed by atoms with Crippen LogP contribution in [0.1, 0.15) is 44.2 Å². The van der Waals surface area contributed by atoms with Crippen LogP contribution in [0.15, 0.2) is 23.1 Å². The van der Waals surface area contributed by atoms with Crippen LogP contribution in [-0.2, 0) is 15.9 Å². The van der Waals surface area contributed by atoms with E-state index in [0.29, 0.717) is 10.8 Å². The second-order valence-electron chi connectivity index (χ2n) is 5.56. The summed E-state index contributed by atoms with van der Waals surface area (Å²) in [4.78, 5) is 0.405. The first-order chi connectivity index (χ1) is 9.41. The van der Waals surface area contributed by atoms with E-state index in [2.05, 4.69) is 0 Å². The lowest BCUT2D eigenvalue weighted by atomic mass is 10.2. The van der Waals surface area contributed by atoms with E-state index in [1.165, 1.54) is 0 Å². The molecule has 1 heterocycles. The number of hydrogen-bond donors (Lipinski definition) is 0. The van der Waals surface area contributed by atoms with Gasteiger partial charge in [0.15, 0.2) is 0 Å². The summed E-state index contributed by atoms with van der Waals surface area (Å²) in [6.45, 7) is 5.88. The quantitative estimate of drug-likeness (QED) is 0.795. The van der Waals surface area contributed by atoms with Crippen molar-refractivity contribution < 1.29 is 8.42 Å². The zero-order valence-corrected chi connectivity index (χ0v) is 13.8. The van der Waals surface area contributed by atoms with Crippen molar-refractivity contribution in [1.82, 2.24) is 4.31 Å². The molecule has 20 heavy (non-hydrogen) atoms. The van der Waals surface area contributed by atoms with Gasteiger partial charge in [0, 0.05) is 18.0 Å². The van der Waals surface area contributed by atoms with Gasteiger partial charge >= 0.3 is 0 Å². The number of rotatable bonds is 4. The number of benzene rings is 1. The smallest absolute Gasteiger partial charge is 0.207 e. The van der Waals surface area contributed by atoms with Crippen molar-refractivity contribution in [1.29, 1.82) is 0 Å². The molecule has 0 saturated carbocycles. The summed E-state index contributed by atoms with van der Waals surface area (Å²) in [5.41, 5.74) is 1.63. The largest absolute Gasteiger partial charge is 0.243 e. The summed E-state index contributed by atoms with van der Waals surface area (Å²) < 4.78 is 27.7. The van der Waals surface area contributed by atoms with Gasteiger partial charge in [0.2, 0.25) is 10.0 Å². The molecule has 1 saturated heterocycles. The zero-order chi connectivity index (χ0) is 14.9. The molecule has 1 aliphatic heterocycles. The average Bonchev–Trinajstić information content (AvgIpc) is 2.81. The summed E-state index contributed by atoms with van der Waals surface area (Å²) in [7, 11) is -3.44. The number of nitrogens with zero attached hydrogens (tertiary/aromatic N) is 1. The molecular formula is C15H22ClNO2S. The first-order valence-electron chi connectivity index (χ1n) is 7.10. The van der Waals surface area contributed by atoms with E-state index in [-0.39, 0.29) is 12.1 Å². The van der Waals surface area contributed by atoms with Gasteiger partial charge in [-0.05, 0) is 50.3 Å². The second-order valence-corrected chi connectivity index (χ2v) is 7.64. The van der Waals surface area contributed by atoms with Crippen molar-refractivity contribution in [2.75, 3.05) is 0 Å². The third-order valence-corrected chi connectivity index (χ3v) is 6.66. The summed E-state index contributed by atoms with van der Waals surface area (Å²) in [5.74, 6) is 0.329. The van der Waals surface area contributed by atoms with Gasteiger partial charge in [-0.1, -0.05) is 19.1 Å². The van der Waals surface area contributed by atoms with Crippen molar-refractivity contribution in [3.05, 3.63) is 29.3 Å². The van der Waals surface area contributed by atoms with Gasteiger partial charge in [-0.2, -0.15) is 4.31 Å². The Kier molecular flexibility index (Phi) is 4.77. The Labute approximate surface area is 127 Å². The fourth-order valence-electron chi connectivity index (χ4n) is 2.98. The van der Waals surface area contributed by atoms with E-state index in [0.717, 1.165) is 30.4 Å². The third kappa shape index (κ3) is 2.74. The van der Waals surface area contributed by atoms with Gasteiger partial charge < -0.3 is 0 Å². The Morgan fingerprint density at radius 1 is 1.35 bits per heavy atom. The van der Waals surface area contributed by atoms with Crippen LogP contribution in [0.4, 0.5) is 0 Å². The van der Waals surface area contributed by atoms with E-state index in [4.69, 9.17) is 11.6 Å². The molecule has 0 aliphatic carbocycles. The molecule has 0 aromatic heterocycles. The van der Waals surface area contributed by atoms with Crippen molar-refractivity contribution >= 4 is 21.6 Å². The van der Waals surface area contributed by atoms with Crippen LogP contribution in [0, 0.1) is 6.92 Å². The third-order valence-electron chi connectivity index (χ3n) is 4.15.